The Balaban J connectivity index is 1.80. The maximum atomic E-state index is 12.2. The van der Waals surface area contributed by atoms with E-state index in [0.29, 0.717) is 5.91 Å². The highest BCUT2D eigenvalue weighted by Crippen LogP contribution is 2.21. The number of nitrogens with one attached hydrogen (secondary N) is 1. The minimum Gasteiger partial charge on any atom is -0.341 e. The van der Waals surface area contributed by atoms with Gasteiger partial charge in [-0.2, -0.15) is 0 Å². The summed E-state index contributed by atoms with van der Waals surface area (Å²) in [5.41, 5.74) is 1.57. The summed E-state index contributed by atoms with van der Waals surface area (Å²) in [6.07, 6.45) is 10.8. The van der Waals surface area contributed by atoms with Crippen LogP contribution in [-0.2, 0) is 4.79 Å². The minimum atomic E-state index is 0.0732. The fourth-order valence-electron chi connectivity index (χ4n) is 3.01. The third kappa shape index (κ3) is 3.58. The zero-order valence-corrected chi connectivity index (χ0v) is 11.6. The first-order valence-corrected chi connectivity index (χ1v) is 7.51. The van der Waals surface area contributed by atoms with Gasteiger partial charge in [0.05, 0.1) is 6.04 Å². The molecular weight excluding hydrogens is 224 g/mol. The molecule has 0 aromatic rings. The summed E-state index contributed by atoms with van der Waals surface area (Å²) < 4.78 is 0. The number of likely N-dealkylation sites (N-methyl/N-ethyl adjacent to an activating group) is 1. The quantitative estimate of drug-likeness (QED) is 0.760. The summed E-state index contributed by atoms with van der Waals surface area (Å²) in [6, 6.07) is 0.0732. The lowest BCUT2D eigenvalue weighted by Crippen LogP contribution is -2.50. The van der Waals surface area contributed by atoms with Crippen molar-refractivity contribution < 1.29 is 4.79 Å². The predicted octanol–water partition coefficient (Wildman–Crippen LogP) is 2.48. The van der Waals surface area contributed by atoms with Gasteiger partial charge in [-0.05, 0) is 51.5 Å². The van der Waals surface area contributed by atoms with Crippen LogP contribution in [0.5, 0.6) is 0 Å². The Kier molecular flexibility index (Phi) is 5.24. The van der Waals surface area contributed by atoms with Gasteiger partial charge in [-0.1, -0.05) is 18.6 Å². The van der Waals surface area contributed by atoms with Crippen LogP contribution in [0.3, 0.4) is 0 Å². The van der Waals surface area contributed by atoms with E-state index in [1.807, 2.05) is 0 Å². The van der Waals surface area contributed by atoms with Crippen molar-refractivity contribution in [1.82, 2.24) is 10.2 Å². The molecule has 1 amide bonds. The standard InChI is InChI=1S/C15H26N2O/c1-2-16-14-9-6-11-17(15(14)18)12-10-13-7-4-3-5-8-13/h7,14,16H,2-6,8-12H2,1H3. The Hall–Kier alpha value is -0.830. The van der Waals surface area contributed by atoms with E-state index in [1.165, 1.54) is 25.7 Å². The lowest BCUT2D eigenvalue weighted by atomic mass is 9.96. The van der Waals surface area contributed by atoms with Crippen LogP contribution in [0.25, 0.3) is 0 Å². The maximum absolute atomic E-state index is 12.2. The number of rotatable bonds is 5. The number of amides is 1. The molecule has 1 saturated heterocycles. The number of nitrogens with zero attached hydrogens (tertiary/aromatic N) is 1. The molecule has 0 aromatic heterocycles. The topological polar surface area (TPSA) is 32.3 Å². The second-order valence-corrected chi connectivity index (χ2v) is 5.44. The molecule has 0 spiro atoms. The Bertz CT molecular complexity index is 310. The van der Waals surface area contributed by atoms with Gasteiger partial charge in [-0.3, -0.25) is 4.79 Å². The molecular formula is C15H26N2O. The first-order valence-electron chi connectivity index (χ1n) is 7.51. The molecule has 0 aromatic carbocycles. The van der Waals surface area contributed by atoms with Crippen LogP contribution < -0.4 is 5.32 Å². The molecule has 1 atom stereocenters. The van der Waals surface area contributed by atoms with Gasteiger partial charge in [0.25, 0.3) is 0 Å². The van der Waals surface area contributed by atoms with Gasteiger partial charge < -0.3 is 10.2 Å². The normalized spacial score (nSPS) is 25.2. The van der Waals surface area contributed by atoms with E-state index in [0.717, 1.165) is 38.9 Å². The average molecular weight is 250 g/mol. The number of hydrogen-bond donors (Lipinski definition) is 1. The molecule has 0 radical (unpaired) electrons. The second kappa shape index (κ2) is 6.93. The SMILES string of the molecule is CCNC1CCCN(CCC2=CCCCC2)C1=O. The third-order valence-corrected chi connectivity index (χ3v) is 4.07. The van der Waals surface area contributed by atoms with Crippen molar-refractivity contribution >= 4 is 5.91 Å². The van der Waals surface area contributed by atoms with Crippen molar-refractivity contribution in [2.45, 2.75) is 57.9 Å². The van der Waals surface area contributed by atoms with E-state index in [-0.39, 0.29) is 6.04 Å². The smallest absolute Gasteiger partial charge is 0.239 e. The fraction of sp³-hybridized carbons (Fsp3) is 0.800. The van der Waals surface area contributed by atoms with Crippen molar-refractivity contribution in [3.8, 4) is 0 Å². The maximum Gasteiger partial charge on any atom is 0.239 e. The first kappa shape index (κ1) is 13.6. The number of hydrogen-bond acceptors (Lipinski definition) is 2. The molecule has 1 aliphatic carbocycles. The first-order chi connectivity index (χ1) is 8.81. The lowest BCUT2D eigenvalue weighted by molar-refractivity contribution is -0.135. The molecule has 1 fully saturated rings. The second-order valence-electron chi connectivity index (χ2n) is 5.44. The van der Waals surface area contributed by atoms with E-state index < -0.39 is 0 Å². The van der Waals surface area contributed by atoms with Crippen LogP contribution >= 0.6 is 0 Å². The van der Waals surface area contributed by atoms with Crippen LogP contribution in [0.15, 0.2) is 11.6 Å². The van der Waals surface area contributed by atoms with Crippen molar-refractivity contribution in [1.29, 1.82) is 0 Å². The lowest BCUT2D eigenvalue weighted by Gasteiger charge is -2.33. The van der Waals surface area contributed by atoms with Crippen LogP contribution in [0.1, 0.15) is 51.9 Å². The van der Waals surface area contributed by atoms with Gasteiger partial charge in [0.15, 0.2) is 0 Å². The van der Waals surface area contributed by atoms with Crippen LogP contribution in [0.2, 0.25) is 0 Å². The number of piperidine rings is 1. The summed E-state index contributed by atoms with van der Waals surface area (Å²) >= 11 is 0. The molecule has 102 valence electrons. The summed E-state index contributed by atoms with van der Waals surface area (Å²) in [5, 5.41) is 3.30. The summed E-state index contributed by atoms with van der Waals surface area (Å²) in [5.74, 6) is 0.319. The van der Waals surface area contributed by atoms with Gasteiger partial charge in [-0.15, -0.1) is 0 Å². The van der Waals surface area contributed by atoms with Crippen molar-refractivity contribution in [2.24, 2.45) is 0 Å². The molecule has 18 heavy (non-hydrogen) atoms. The van der Waals surface area contributed by atoms with Gasteiger partial charge >= 0.3 is 0 Å². The summed E-state index contributed by atoms with van der Waals surface area (Å²) in [7, 11) is 0. The Morgan fingerprint density at radius 1 is 1.39 bits per heavy atom. The molecule has 0 bridgehead atoms. The van der Waals surface area contributed by atoms with E-state index in [4.69, 9.17) is 0 Å². The van der Waals surface area contributed by atoms with Crippen molar-refractivity contribution in [2.75, 3.05) is 19.6 Å². The average Bonchev–Trinajstić information content (AvgIpc) is 2.41. The molecule has 1 N–H and O–H groups in total. The molecule has 2 rings (SSSR count). The molecule has 3 nitrogen and oxygen atoms in total. The minimum absolute atomic E-state index is 0.0732. The van der Waals surface area contributed by atoms with Gasteiger partial charge in [-0.25, -0.2) is 0 Å². The predicted molar refractivity (Wildman–Crippen MR) is 74.4 cm³/mol. The molecule has 2 aliphatic rings. The highest BCUT2D eigenvalue weighted by Gasteiger charge is 2.27. The van der Waals surface area contributed by atoms with Crippen molar-refractivity contribution in [3.63, 3.8) is 0 Å². The number of allylic oxidation sites excluding steroid dienone is 1. The van der Waals surface area contributed by atoms with Crippen LogP contribution in [-0.4, -0.2) is 36.5 Å². The van der Waals surface area contributed by atoms with E-state index >= 15 is 0 Å². The Morgan fingerprint density at radius 3 is 3.00 bits per heavy atom. The van der Waals surface area contributed by atoms with Gasteiger partial charge in [0, 0.05) is 13.1 Å². The highest BCUT2D eigenvalue weighted by molar-refractivity contribution is 5.82. The number of likely N-dealkylation sites (tertiary alicyclic amines) is 1. The van der Waals surface area contributed by atoms with E-state index in [2.05, 4.69) is 23.2 Å². The monoisotopic (exact) mass is 250 g/mol. The van der Waals surface area contributed by atoms with Crippen LogP contribution in [0, 0.1) is 0 Å². The number of carbonyl (C=O) groups excluding carboxylic acids is 1. The number of carbonyl (C=O) groups is 1. The van der Waals surface area contributed by atoms with Crippen LogP contribution in [0.4, 0.5) is 0 Å². The highest BCUT2D eigenvalue weighted by atomic mass is 16.2. The molecule has 1 aliphatic heterocycles. The summed E-state index contributed by atoms with van der Waals surface area (Å²) in [4.78, 5) is 14.3. The molecule has 1 heterocycles. The molecule has 0 saturated carbocycles. The summed E-state index contributed by atoms with van der Waals surface area (Å²) in [6.45, 7) is 4.83. The van der Waals surface area contributed by atoms with Gasteiger partial charge in [0.2, 0.25) is 5.91 Å². The van der Waals surface area contributed by atoms with Gasteiger partial charge in [0.1, 0.15) is 0 Å². The fourth-order valence-corrected chi connectivity index (χ4v) is 3.01. The zero-order valence-electron chi connectivity index (χ0n) is 11.6. The molecule has 1 unspecified atom stereocenters. The zero-order chi connectivity index (χ0) is 12.8. The van der Waals surface area contributed by atoms with Crippen molar-refractivity contribution in [3.05, 3.63) is 11.6 Å². The largest absolute Gasteiger partial charge is 0.341 e. The molecule has 3 heteroatoms. The van der Waals surface area contributed by atoms with E-state index in [1.54, 1.807) is 5.57 Å². The third-order valence-electron chi connectivity index (χ3n) is 4.07. The Labute approximate surface area is 111 Å². The van der Waals surface area contributed by atoms with E-state index in [9.17, 15) is 4.79 Å². The Morgan fingerprint density at radius 2 is 2.28 bits per heavy atom.